The van der Waals surface area contributed by atoms with Crippen LogP contribution in [0.2, 0.25) is 0 Å². The van der Waals surface area contributed by atoms with Crippen molar-refractivity contribution < 1.29 is 18.7 Å². The Morgan fingerprint density at radius 3 is 3.22 bits per heavy atom. The summed E-state index contributed by atoms with van der Waals surface area (Å²) >= 11 is 0. The van der Waals surface area contributed by atoms with E-state index in [1.165, 1.54) is 13.4 Å². The number of carbonyl (C=O) groups is 1. The van der Waals surface area contributed by atoms with Gasteiger partial charge in [0.15, 0.2) is 0 Å². The highest BCUT2D eigenvalue weighted by atomic mass is 16.5. The third-order valence-corrected chi connectivity index (χ3v) is 3.00. The molecule has 1 unspecified atom stereocenters. The summed E-state index contributed by atoms with van der Waals surface area (Å²) in [6, 6.07) is 1.63. The normalized spacial score (nSPS) is 20.9. The number of ether oxygens (including phenoxy) is 2. The van der Waals surface area contributed by atoms with Crippen molar-refractivity contribution in [2.24, 2.45) is 5.73 Å². The number of hydrogen-bond acceptors (Lipinski definition) is 6. The summed E-state index contributed by atoms with van der Waals surface area (Å²) in [5.41, 5.74) is 6.07. The Bertz CT molecular complexity index is 405. The maximum atomic E-state index is 11.5. The maximum absolute atomic E-state index is 11.5. The Labute approximate surface area is 106 Å². The molecule has 1 aromatic rings. The molecule has 0 aromatic carbocycles. The van der Waals surface area contributed by atoms with Crippen LogP contribution in [0.15, 0.2) is 16.7 Å². The Morgan fingerprint density at radius 1 is 1.67 bits per heavy atom. The standard InChI is InChI=1S/C12H18N2O4/c1-16-12(15)10-2-4-18-11(10)8-14-3-5-17-9(6-13)7-14/h2,4,9H,3,5-8,13H2,1H3. The van der Waals surface area contributed by atoms with Crippen LogP contribution in [0.1, 0.15) is 16.1 Å². The minimum absolute atomic E-state index is 0.0512. The number of morpholine rings is 1. The first-order valence-electron chi connectivity index (χ1n) is 5.93. The van der Waals surface area contributed by atoms with Gasteiger partial charge in [-0.3, -0.25) is 4.90 Å². The SMILES string of the molecule is COC(=O)c1ccoc1CN1CCOC(CN)C1. The molecule has 18 heavy (non-hydrogen) atoms. The second kappa shape index (κ2) is 5.99. The number of methoxy groups -OCH3 is 1. The van der Waals surface area contributed by atoms with Gasteiger partial charge in [-0.25, -0.2) is 4.79 Å². The highest BCUT2D eigenvalue weighted by molar-refractivity contribution is 5.90. The highest BCUT2D eigenvalue weighted by Gasteiger charge is 2.23. The molecular weight excluding hydrogens is 236 g/mol. The van der Waals surface area contributed by atoms with Crippen LogP contribution in [0.3, 0.4) is 0 Å². The van der Waals surface area contributed by atoms with Gasteiger partial charge in [-0.2, -0.15) is 0 Å². The summed E-state index contributed by atoms with van der Waals surface area (Å²) in [6.45, 7) is 3.27. The van der Waals surface area contributed by atoms with Crippen LogP contribution in [0.25, 0.3) is 0 Å². The molecule has 0 bridgehead atoms. The summed E-state index contributed by atoms with van der Waals surface area (Å²) in [7, 11) is 1.36. The Balaban J connectivity index is 2.00. The predicted octanol–water partition coefficient (Wildman–Crippen LogP) is 0.226. The monoisotopic (exact) mass is 254 g/mol. The summed E-state index contributed by atoms with van der Waals surface area (Å²) in [5, 5.41) is 0. The first-order valence-corrected chi connectivity index (χ1v) is 5.93. The molecule has 6 heteroatoms. The van der Waals surface area contributed by atoms with Crippen LogP contribution in [0.4, 0.5) is 0 Å². The van der Waals surface area contributed by atoms with Crippen molar-refractivity contribution in [2.45, 2.75) is 12.6 Å². The number of furan rings is 1. The number of nitrogens with two attached hydrogens (primary N) is 1. The van der Waals surface area contributed by atoms with Gasteiger partial charge >= 0.3 is 5.97 Å². The lowest BCUT2D eigenvalue weighted by Crippen LogP contribution is -2.45. The first kappa shape index (κ1) is 13.1. The van der Waals surface area contributed by atoms with Crippen LogP contribution in [0.5, 0.6) is 0 Å². The van der Waals surface area contributed by atoms with Crippen molar-refractivity contribution in [3.8, 4) is 0 Å². The van der Waals surface area contributed by atoms with E-state index in [-0.39, 0.29) is 12.1 Å². The van der Waals surface area contributed by atoms with Gasteiger partial charge in [0.2, 0.25) is 0 Å². The molecule has 0 radical (unpaired) electrons. The van der Waals surface area contributed by atoms with Gasteiger partial charge in [-0.05, 0) is 6.07 Å². The third-order valence-electron chi connectivity index (χ3n) is 3.00. The lowest BCUT2D eigenvalue weighted by molar-refractivity contribution is -0.0279. The Kier molecular flexibility index (Phi) is 4.35. The minimum atomic E-state index is -0.373. The molecule has 1 aliphatic heterocycles. The van der Waals surface area contributed by atoms with Crippen LogP contribution in [-0.4, -0.2) is 50.3 Å². The summed E-state index contributed by atoms with van der Waals surface area (Å²) in [5.74, 6) is 0.252. The second-order valence-electron chi connectivity index (χ2n) is 4.21. The summed E-state index contributed by atoms with van der Waals surface area (Å²) in [4.78, 5) is 13.7. The molecule has 0 amide bonds. The molecule has 0 aliphatic carbocycles. The van der Waals surface area contributed by atoms with E-state index in [4.69, 9.17) is 19.6 Å². The van der Waals surface area contributed by atoms with Gasteiger partial charge in [0, 0.05) is 19.6 Å². The van der Waals surface area contributed by atoms with E-state index in [0.717, 1.165) is 13.1 Å². The van der Waals surface area contributed by atoms with Gasteiger partial charge in [0.1, 0.15) is 11.3 Å². The van der Waals surface area contributed by atoms with Gasteiger partial charge in [-0.1, -0.05) is 0 Å². The zero-order valence-electron chi connectivity index (χ0n) is 10.4. The molecule has 2 rings (SSSR count). The molecule has 1 aliphatic rings. The molecule has 2 heterocycles. The van der Waals surface area contributed by atoms with E-state index in [1.54, 1.807) is 6.07 Å². The fourth-order valence-electron chi connectivity index (χ4n) is 2.02. The van der Waals surface area contributed by atoms with Crippen molar-refractivity contribution in [1.29, 1.82) is 0 Å². The molecule has 1 saturated heterocycles. The molecule has 1 aromatic heterocycles. The van der Waals surface area contributed by atoms with Crippen molar-refractivity contribution in [3.05, 3.63) is 23.7 Å². The van der Waals surface area contributed by atoms with Gasteiger partial charge < -0.3 is 19.6 Å². The Morgan fingerprint density at radius 2 is 2.50 bits per heavy atom. The highest BCUT2D eigenvalue weighted by Crippen LogP contribution is 2.16. The van der Waals surface area contributed by atoms with Crippen molar-refractivity contribution in [3.63, 3.8) is 0 Å². The molecule has 100 valence electrons. The molecule has 6 nitrogen and oxygen atoms in total. The molecule has 1 fully saturated rings. The number of esters is 1. The third kappa shape index (κ3) is 2.90. The zero-order chi connectivity index (χ0) is 13.0. The lowest BCUT2D eigenvalue weighted by Gasteiger charge is -2.31. The van der Waals surface area contributed by atoms with E-state index in [0.29, 0.717) is 31.0 Å². The first-order chi connectivity index (χ1) is 8.74. The van der Waals surface area contributed by atoms with Crippen molar-refractivity contribution >= 4 is 5.97 Å². The second-order valence-corrected chi connectivity index (χ2v) is 4.21. The Hall–Kier alpha value is -1.37. The van der Waals surface area contributed by atoms with Gasteiger partial charge in [0.25, 0.3) is 0 Å². The van der Waals surface area contributed by atoms with Gasteiger partial charge in [0.05, 0.1) is 32.6 Å². The molecule has 0 saturated carbocycles. The van der Waals surface area contributed by atoms with E-state index in [2.05, 4.69) is 4.90 Å². The van der Waals surface area contributed by atoms with Crippen LogP contribution < -0.4 is 5.73 Å². The molecule has 0 spiro atoms. The number of hydrogen-bond donors (Lipinski definition) is 1. The maximum Gasteiger partial charge on any atom is 0.341 e. The van der Waals surface area contributed by atoms with Crippen LogP contribution in [-0.2, 0) is 16.0 Å². The molecule has 1 atom stereocenters. The quantitative estimate of drug-likeness (QED) is 0.775. The van der Waals surface area contributed by atoms with E-state index in [9.17, 15) is 4.79 Å². The smallest absolute Gasteiger partial charge is 0.341 e. The average molecular weight is 254 g/mol. The van der Waals surface area contributed by atoms with E-state index >= 15 is 0 Å². The van der Waals surface area contributed by atoms with Crippen molar-refractivity contribution in [2.75, 3.05) is 33.4 Å². The van der Waals surface area contributed by atoms with E-state index < -0.39 is 0 Å². The topological polar surface area (TPSA) is 77.9 Å². The van der Waals surface area contributed by atoms with Crippen LogP contribution in [0, 0.1) is 0 Å². The molecular formula is C12H18N2O4. The predicted molar refractivity (Wildman–Crippen MR) is 64.1 cm³/mol. The van der Waals surface area contributed by atoms with E-state index in [1.807, 2.05) is 0 Å². The fourth-order valence-corrected chi connectivity index (χ4v) is 2.02. The molecule has 2 N–H and O–H groups in total. The van der Waals surface area contributed by atoms with Gasteiger partial charge in [-0.15, -0.1) is 0 Å². The lowest BCUT2D eigenvalue weighted by atomic mass is 10.2. The number of rotatable bonds is 4. The van der Waals surface area contributed by atoms with Crippen LogP contribution >= 0.6 is 0 Å². The number of carbonyl (C=O) groups excluding carboxylic acids is 1. The van der Waals surface area contributed by atoms with Crippen molar-refractivity contribution in [1.82, 2.24) is 4.90 Å². The summed E-state index contributed by atoms with van der Waals surface area (Å²) < 4.78 is 15.5. The fraction of sp³-hybridized carbons (Fsp3) is 0.583. The average Bonchev–Trinajstić information content (AvgIpc) is 2.86. The number of nitrogens with zero attached hydrogens (tertiary/aromatic N) is 1. The largest absolute Gasteiger partial charge is 0.467 e. The summed E-state index contributed by atoms with van der Waals surface area (Å²) in [6.07, 6.45) is 1.55. The minimum Gasteiger partial charge on any atom is -0.467 e. The zero-order valence-corrected chi connectivity index (χ0v) is 10.4.